The second-order valence-electron chi connectivity index (χ2n) is 7.36. The smallest absolute Gasteiger partial charge is 0.266 e. The zero-order chi connectivity index (χ0) is 22.7. The van der Waals surface area contributed by atoms with Crippen LogP contribution in [-0.2, 0) is 17.9 Å². The lowest BCUT2D eigenvalue weighted by Gasteiger charge is -2.14. The van der Waals surface area contributed by atoms with Gasteiger partial charge in [-0.2, -0.15) is 0 Å². The minimum absolute atomic E-state index is 0.0943. The molecule has 32 heavy (non-hydrogen) atoms. The Hall–Kier alpha value is -2.48. The van der Waals surface area contributed by atoms with Crippen molar-refractivity contribution in [3.8, 4) is 5.75 Å². The van der Waals surface area contributed by atoms with Crippen LogP contribution < -0.4 is 4.74 Å². The summed E-state index contributed by atoms with van der Waals surface area (Å²) in [6.07, 6.45) is 1.83. The third kappa shape index (κ3) is 5.46. The quantitative estimate of drug-likeness (QED) is 0.258. The van der Waals surface area contributed by atoms with Gasteiger partial charge < -0.3 is 4.74 Å². The van der Waals surface area contributed by atoms with Gasteiger partial charge in [0.05, 0.1) is 15.9 Å². The molecule has 1 saturated heterocycles. The minimum atomic E-state index is -0.291. The number of nitrogens with zero attached hydrogens (tertiary/aromatic N) is 1. The molecule has 1 aliphatic heterocycles. The maximum Gasteiger partial charge on any atom is 0.266 e. The van der Waals surface area contributed by atoms with Crippen LogP contribution in [0.2, 0.25) is 0 Å². The van der Waals surface area contributed by atoms with Gasteiger partial charge >= 0.3 is 0 Å². The number of carbonyl (C=O) groups excluding carboxylic acids is 1. The second kappa shape index (κ2) is 9.98. The molecule has 1 fully saturated rings. The van der Waals surface area contributed by atoms with Crippen LogP contribution in [0.3, 0.4) is 0 Å². The van der Waals surface area contributed by atoms with Crippen molar-refractivity contribution in [2.24, 2.45) is 0 Å². The average molecular weight is 528 g/mol. The normalized spacial score (nSPS) is 15.0. The molecular formula is C25H19BrFNO2S2. The highest BCUT2D eigenvalue weighted by Crippen LogP contribution is 2.35. The van der Waals surface area contributed by atoms with Crippen molar-refractivity contribution < 1.29 is 13.9 Å². The Morgan fingerprint density at radius 1 is 1.09 bits per heavy atom. The van der Waals surface area contributed by atoms with Gasteiger partial charge in [-0.15, -0.1) is 0 Å². The molecule has 0 unspecified atom stereocenters. The fraction of sp³-hybridized carbons (Fsp3) is 0.120. The van der Waals surface area contributed by atoms with E-state index < -0.39 is 0 Å². The maximum absolute atomic E-state index is 13.3. The monoisotopic (exact) mass is 527 g/mol. The summed E-state index contributed by atoms with van der Waals surface area (Å²) in [5.41, 5.74) is 3.81. The number of halogens is 2. The highest BCUT2D eigenvalue weighted by Gasteiger charge is 2.32. The minimum Gasteiger partial charge on any atom is -0.488 e. The molecule has 0 radical (unpaired) electrons. The van der Waals surface area contributed by atoms with E-state index in [1.54, 1.807) is 11.0 Å². The van der Waals surface area contributed by atoms with Crippen LogP contribution in [0.15, 0.2) is 76.1 Å². The third-order valence-corrected chi connectivity index (χ3v) is 6.87. The largest absolute Gasteiger partial charge is 0.488 e. The summed E-state index contributed by atoms with van der Waals surface area (Å²) < 4.78 is 20.4. The van der Waals surface area contributed by atoms with Crippen molar-refractivity contribution in [3.05, 3.63) is 104 Å². The lowest BCUT2D eigenvalue weighted by atomic mass is 10.1. The van der Waals surface area contributed by atoms with Crippen LogP contribution in [-0.4, -0.2) is 15.1 Å². The van der Waals surface area contributed by atoms with E-state index in [2.05, 4.69) is 15.9 Å². The van der Waals surface area contributed by atoms with Crippen molar-refractivity contribution in [2.75, 3.05) is 0 Å². The number of thiocarbonyl (C=S) groups is 1. The molecule has 1 amide bonds. The molecule has 7 heteroatoms. The van der Waals surface area contributed by atoms with Crippen LogP contribution in [0.5, 0.6) is 5.75 Å². The zero-order valence-corrected chi connectivity index (χ0v) is 20.4. The molecule has 0 atom stereocenters. The molecule has 0 N–H and O–H groups in total. The van der Waals surface area contributed by atoms with Crippen molar-refractivity contribution in [3.63, 3.8) is 0 Å². The number of ether oxygens (including phenoxy) is 1. The molecule has 3 nitrogen and oxygen atoms in total. The van der Waals surface area contributed by atoms with Crippen molar-refractivity contribution >= 4 is 56.2 Å². The van der Waals surface area contributed by atoms with Gasteiger partial charge in [-0.25, -0.2) is 4.39 Å². The Labute approximate surface area is 204 Å². The first-order valence-electron chi connectivity index (χ1n) is 9.87. The van der Waals surface area contributed by atoms with Crippen molar-refractivity contribution in [2.45, 2.75) is 20.1 Å². The average Bonchev–Trinajstić information content (AvgIpc) is 3.02. The van der Waals surface area contributed by atoms with Crippen LogP contribution in [0.25, 0.3) is 6.08 Å². The van der Waals surface area contributed by atoms with E-state index in [4.69, 9.17) is 17.0 Å². The Morgan fingerprint density at radius 2 is 1.88 bits per heavy atom. The van der Waals surface area contributed by atoms with Gasteiger partial charge in [0, 0.05) is 0 Å². The second-order valence-corrected chi connectivity index (χ2v) is 9.89. The number of benzene rings is 3. The van der Waals surface area contributed by atoms with Gasteiger partial charge in [-0.05, 0) is 69.9 Å². The van der Waals surface area contributed by atoms with Gasteiger partial charge in [-0.3, -0.25) is 9.69 Å². The van der Waals surface area contributed by atoms with Crippen LogP contribution >= 0.6 is 39.9 Å². The van der Waals surface area contributed by atoms with E-state index in [1.807, 2.05) is 61.5 Å². The van der Waals surface area contributed by atoms with E-state index in [9.17, 15) is 9.18 Å². The first-order valence-corrected chi connectivity index (χ1v) is 11.9. The standard InChI is InChI=1S/C25H19BrFNO2S2/c1-16-5-7-17(8-6-16)14-28-24(29)23(32-25(28)31)13-18-9-10-22(21(26)12-18)30-15-19-3-2-4-20(27)11-19/h2-13H,14-15H2,1H3. The van der Waals surface area contributed by atoms with E-state index in [0.29, 0.717) is 21.5 Å². The summed E-state index contributed by atoms with van der Waals surface area (Å²) in [6, 6.07) is 20.0. The van der Waals surface area contributed by atoms with E-state index in [1.165, 1.54) is 29.5 Å². The number of aryl methyl sites for hydroxylation is 1. The van der Waals surface area contributed by atoms with Gasteiger partial charge in [0.25, 0.3) is 5.91 Å². The van der Waals surface area contributed by atoms with Gasteiger partial charge in [0.2, 0.25) is 0 Å². The van der Waals surface area contributed by atoms with Crippen LogP contribution in [0.4, 0.5) is 4.39 Å². The lowest BCUT2D eigenvalue weighted by molar-refractivity contribution is -0.122. The Bertz CT molecular complexity index is 1210. The zero-order valence-electron chi connectivity index (χ0n) is 17.2. The first kappa shape index (κ1) is 22.7. The predicted molar refractivity (Wildman–Crippen MR) is 135 cm³/mol. The molecule has 1 heterocycles. The molecule has 4 rings (SSSR count). The number of hydrogen-bond acceptors (Lipinski definition) is 4. The number of thioether (sulfide) groups is 1. The SMILES string of the molecule is Cc1ccc(CN2C(=O)C(=Cc3ccc(OCc4cccc(F)c4)c(Br)c3)SC2=S)cc1. The molecule has 0 saturated carbocycles. The van der Waals surface area contributed by atoms with Crippen molar-refractivity contribution in [1.29, 1.82) is 0 Å². The number of amides is 1. The summed E-state index contributed by atoms with van der Waals surface area (Å²) in [4.78, 5) is 15.1. The van der Waals surface area contributed by atoms with E-state index in [0.717, 1.165) is 21.2 Å². The molecule has 0 aromatic heterocycles. The Morgan fingerprint density at radius 3 is 2.59 bits per heavy atom. The van der Waals surface area contributed by atoms with Crippen molar-refractivity contribution in [1.82, 2.24) is 4.90 Å². The topological polar surface area (TPSA) is 29.5 Å². The summed E-state index contributed by atoms with van der Waals surface area (Å²) in [7, 11) is 0. The number of rotatable bonds is 6. The Kier molecular flexibility index (Phi) is 7.08. The summed E-state index contributed by atoms with van der Waals surface area (Å²) in [5.74, 6) is 0.252. The molecule has 0 aliphatic carbocycles. The molecule has 1 aliphatic rings. The fourth-order valence-corrected chi connectivity index (χ4v) is 4.94. The first-order chi connectivity index (χ1) is 15.4. The van der Waals surface area contributed by atoms with Gasteiger partial charge in [0.15, 0.2) is 0 Å². The number of carbonyl (C=O) groups is 1. The molecule has 0 bridgehead atoms. The highest BCUT2D eigenvalue weighted by molar-refractivity contribution is 9.10. The van der Waals surface area contributed by atoms with Crippen LogP contribution in [0.1, 0.15) is 22.3 Å². The van der Waals surface area contributed by atoms with E-state index in [-0.39, 0.29) is 18.3 Å². The molecule has 3 aromatic carbocycles. The Balaban J connectivity index is 1.45. The molecule has 3 aromatic rings. The van der Waals surface area contributed by atoms with Gasteiger partial charge in [0.1, 0.15) is 22.5 Å². The summed E-state index contributed by atoms with van der Waals surface area (Å²) in [5, 5.41) is 0. The maximum atomic E-state index is 13.3. The number of hydrogen-bond donors (Lipinski definition) is 0. The molecular weight excluding hydrogens is 509 g/mol. The van der Waals surface area contributed by atoms with Crippen LogP contribution in [0, 0.1) is 12.7 Å². The van der Waals surface area contributed by atoms with E-state index >= 15 is 0 Å². The molecule has 162 valence electrons. The summed E-state index contributed by atoms with van der Waals surface area (Å²) >= 11 is 10.3. The molecule has 0 spiro atoms. The van der Waals surface area contributed by atoms with Gasteiger partial charge in [-0.1, -0.05) is 72.0 Å². The highest BCUT2D eigenvalue weighted by atomic mass is 79.9. The third-order valence-electron chi connectivity index (χ3n) is 4.87. The lowest BCUT2D eigenvalue weighted by Crippen LogP contribution is -2.27. The predicted octanol–water partition coefficient (Wildman–Crippen LogP) is 6.88. The summed E-state index contributed by atoms with van der Waals surface area (Å²) in [6.45, 7) is 2.74. The fourth-order valence-electron chi connectivity index (χ4n) is 3.18.